The van der Waals surface area contributed by atoms with E-state index in [1.54, 1.807) is 0 Å². The summed E-state index contributed by atoms with van der Waals surface area (Å²) in [6.45, 7) is 18.5. The van der Waals surface area contributed by atoms with Crippen LogP contribution in [0, 0.1) is 27.7 Å². The highest BCUT2D eigenvalue weighted by atomic mass is 15.1. The molecule has 0 radical (unpaired) electrons. The fourth-order valence-corrected chi connectivity index (χ4v) is 13.6. The summed E-state index contributed by atoms with van der Waals surface area (Å²) in [5.74, 6) is 0. The molecule has 0 unspecified atom stereocenters. The lowest BCUT2D eigenvalue weighted by Gasteiger charge is -2.29. The maximum Gasteiger partial charge on any atom is 0.0465 e. The Hall–Kier alpha value is -9.50. The van der Waals surface area contributed by atoms with E-state index >= 15 is 0 Å². The zero-order valence-electron chi connectivity index (χ0n) is 48.1. The summed E-state index contributed by atoms with van der Waals surface area (Å²) in [7, 11) is 0. The van der Waals surface area contributed by atoms with Gasteiger partial charge >= 0.3 is 0 Å². The third-order valence-corrected chi connectivity index (χ3v) is 17.9. The van der Waals surface area contributed by atoms with Crippen molar-refractivity contribution in [2.24, 2.45) is 0 Å². The van der Waals surface area contributed by atoms with E-state index in [9.17, 15) is 0 Å². The number of hydrogen-bond acceptors (Lipinski definition) is 2. The molecule has 0 spiro atoms. The van der Waals surface area contributed by atoms with Gasteiger partial charge in [-0.05, 0) is 212 Å². The molecular weight excluding hydrogens is 989 g/mol. The molecule has 0 saturated carbocycles. The fourth-order valence-electron chi connectivity index (χ4n) is 13.6. The van der Waals surface area contributed by atoms with E-state index in [-0.39, 0.29) is 0 Å². The van der Waals surface area contributed by atoms with E-state index in [2.05, 4.69) is 320 Å². The second-order valence-electron chi connectivity index (χ2n) is 24.0. The first-order valence-electron chi connectivity index (χ1n) is 29.0. The van der Waals surface area contributed by atoms with Gasteiger partial charge in [-0.1, -0.05) is 220 Å². The molecule has 2 nitrogen and oxygen atoms in total. The zero-order chi connectivity index (χ0) is 56.0. The van der Waals surface area contributed by atoms with Gasteiger partial charge in [0.25, 0.3) is 0 Å². The monoisotopic (exact) mass is 1050 g/mol. The van der Waals surface area contributed by atoms with Crippen molar-refractivity contribution in [2.75, 3.05) is 9.80 Å². The van der Waals surface area contributed by atoms with Crippen LogP contribution in [0.4, 0.5) is 34.1 Å². The minimum Gasteiger partial charge on any atom is -0.310 e. The maximum absolute atomic E-state index is 2.62. The van der Waals surface area contributed by atoms with Crippen molar-refractivity contribution in [3.05, 3.63) is 299 Å². The Bertz CT molecular complexity index is 4050. The molecule has 0 aromatic heterocycles. The summed E-state index contributed by atoms with van der Waals surface area (Å²) in [6, 6.07) is 96.0. The lowest BCUT2D eigenvalue weighted by molar-refractivity contribution is 0.660. The Balaban J connectivity index is 1.08. The number of fused-ring (bicyclic) bond motifs is 7. The molecule has 0 bridgehead atoms. The third kappa shape index (κ3) is 8.30. The molecular formula is C80H66N2. The topological polar surface area (TPSA) is 6.48 Å². The number of anilines is 6. The number of aryl methyl sites for hydroxylation is 4. The highest BCUT2D eigenvalue weighted by Crippen LogP contribution is 2.62. The molecule has 0 N–H and O–H groups in total. The Morgan fingerprint density at radius 1 is 0.232 bits per heavy atom. The molecule has 12 aromatic carbocycles. The van der Waals surface area contributed by atoms with Gasteiger partial charge in [0.2, 0.25) is 0 Å². The van der Waals surface area contributed by atoms with Gasteiger partial charge in [0.1, 0.15) is 0 Å². The van der Waals surface area contributed by atoms with Crippen molar-refractivity contribution >= 4 is 44.9 Å². The van der Waals surface area contributed by atoms with Gasteiger partial charge in [-0.15, -0.1) is 0 Å². The minimum atomic E-state index is -0.395. The predicted molar refractivity (Wildman–Crippen MR) is 349 cm³/mol. The van der Waals surface area contributed by atoms with Crippen molar-refractivity contribution in [1.82, 2.24) is 0 Å². The van der Waals surface area contributed by atoms with E-state index < -0.39 is 10.8 Å². The SMILES string of the molecule is Cc1ccc(N(c2ccc(C)cc2)c2ccc3c(c2)C(C)(C)c2cc4c(-c5ccccc5-c5ccccc5)c5c(cc4c(-c4ccccc4-c4ccccc4)c2-3)C(C)(C)c2cc(N(c3ccc(C)cc3)c3ccc(C)cc3)ccc2-5)cc1. The zero-order valence-corrected chi connectivity index (χ0v) is 48.1. The second-order valence-corrected chi connectivity index (χ2v) is 24.0. The summed E-state index contributed by atoms with van der Waals surface area (Å²) < 4.78 is 0. The van der Waals surface area contributed by atoms with E-state index in [4.69, 9.17) is 0 Å². The molecule has 2 heteroatoms. The molecule has 0 saturated heterocycles. The molecule has 2 aliphatic carbocycles. The molecule has 0 aliphatic heterocycles. The van der Waals surface area contributed by atoms with Gasteiger partial charge in [0.15, 0.2) is 0 Å². The van der Waals surface area contributed by atoms with Crippen LogP contribution in [0.25, 0.3) is 77.5 Å². The first-order valence-corrected chi connectivity index (χ1v) is 29.0. The molecule has 0 heterocycles. The van der Waals surface area contributed by atoms with Gasteiger partial charge in [-0.3, -0.25) is 0 Å². The average molecular weight is 1060 g/mol. The van der Waals surface area contributed by atoms with Crippen molar-refractivity contribution in [3.8, 4) is 66.8 Å². The Morgan fingerprint density at radius 2 is 0.512 bits per heavy atom. The summed E-state index contributed by atoms with van der Waals surface area (Å²) in [5.41, 5.74) is 31.3. The normalized spacial score (nSPS) is 13.3. The molecule has 0 amide bonds. The highest BCUT2D eigenvalue weighted by Gasteiger charge is 2.43. The van der Waals surface area contributed by atoms with Gasteiger partial charge in [0.05, 0.1) is 0 Å². The fraction of sp³-hybridized carbons (Fsp3) is 0.125. The van der Waals surface area contributed by atoms with Crippen LogP contribution in [0.15, 0.2) is 255 Å². The number of benzene rings is 12. The summed E-state index contributed by atoms with van der Waals surface area (Å²) in [4.78, 5) is 4.85. The first-order chi connectivity index (χ1) is 39.8. The van der Waals surface area contributed by atoms with E-state index in [0.717, 1.165) is 34.1 Å². The number of nitrogens with zero attached hydrogens (tertiary/aromatic N) is 2. The smallest absolute Gasteiger partial charge is 0.0465 e. The third-order valence-electron chi connectivity index (χ3n) is 17.9. The Kier molecular flexibility index (Phi) is 12.1. The Labute approximate surface area is 484 Å². The largest absolute Gasteiger partial charge is 0.310 e. The molecule has 0 atom stereocenters. The Morgan fingerprint density at radius 3 is 0.829 bits per heavy atom. The van der Waals surface area contributed by atoms with Crippen molar-refractivity contribution in [1.29, 1.82) is 0 Å². The van der Waals surface area contributed by atoms with Crippen LogP contribution < -0.4 is 9.80 Å². The van der Waals surface area contributed by atoms with Crippen LogP contribution in [0.3, 0.4) is 0 Å². The quantitative estimate of drug-likeness (QED) is 0.135. The van der Waals surface area contributed by atoms with Crippen LogP contribution in [-0.2, 0) is 10.8 Å². The van der Waals surface area contributed by atoms with Crippen molar-refractivity contribution in [2.45, 2.75) is 66.2 Å². The summed E-state index contributed by atoms with van der Waals surface area (Å²) in [5, 5.41) is 2.52. The average Bonchev–Trinajstić information content (AvgIpc) is 1.96. The van der Waals surface area contributed by atoms with Crippen LogP contribution in [0.1, 0.15) is 72.2 Å². The van der Waals surface area contributed by atoms with Crippen LogP contribution >= 0.6 is 0 Å². The number of rotatable bonds is 10. The minimum absolute atomic E-state index is 0.395. The van der Waals surface area contributed by atoms with Crippen molar-refractivity contribution in [3.63, 3.8) is 0 Å². The lowest BCUT2D eigenvalue weighted by Crippen LogP contribution is -2.17. The van der Waals surface area contributed by atoms with E-state index in [0.29, 0.717) is 0 Å². The van der Waals surface area contributed by atoms with Crippen molar-refractivity contribution < 1.29 is 0 Å². The summed E-state index contributed by atoms with van der Waals surface area (Å²) >= 11 is 0. The molecule has 14 rings (SSSR count). The molecule has 82 heavy (non-hydrogen) atoms. The molecule has 0 fully saturated rings. The van der Waals surface area contributed by atoms with E-state index in [1.807, 2.05) is 0 Å². The second kappa shape index (κ2) is 19.6. The standard InChI is InChI=1S/C80H66N2/c1-51-27-35-57(36-28-51)81(58-37-29-52(2)30-38-58)61-43-45-67-71(47-61)79(5,6)73-49-69-70(75(77(67)73)65-25-17-15-23-63(65)55-19-11-9-12-20-55)50-74-78(76(69)66-26-18-16-24-64(66)56-21-13-10-14-22-56)68-46-44-62(48-72(68)80(74,7)8)82(59-39-31-53(3)32-40-59)60-41-33-54(4)34-42-60/h9-50H,1-8H3. The van der Waals surface area contributed by atoms with Gasteiger partial charge in [-0.2, -0.15) is 0 Å². The first kappa shape index (κ1) is 50.7. The van der Waals surface area contributed by atoms with Crippen LogP contribution in [0.2, 0.25) is 0 Å². The lowest BCUT2D eigenvalue weighted by atomic mass is 9.75. The summed E-state index contributed by atoms with van der Waals surface area (Å²) in [6.07, 6.45) is 0. The van der Waals surface area contributed by atoms with Crippen LogP contribution in [0.5, 0.6) is 0 Å². The van der Waals surface area contributed by atoms with Crippen LogP contribution in [-0.4, -0.2) is 0 Å². The predicted octanol–water partition coefficient (Wildman–Crippen LogP) is 22.3. The highest BCUT2D eigenvalue weighted by molar-refractivity contribution is 6.19. The molecule has 12 aromatic rings. The molecule has 2 aliphatic rings. The van der Waals surface area contributed by atoms with Gasteiger partial charge in [0, 0.05) is 45.0 Å². The van der Waals surface area contributed by atoms with E-state index in [1.165, 1.54) is 122 Å². The maximum atomic E-state index is 2.62. The van der Waals surface area contributed by atoms with Gasteiger partial charge < -0.3 is 9.80 Å². The van der Waals surface area contributed by atoms with Gasteiger partial charge in [-0.25, -0.2) is 0 Å². The number of hydrogen-bond donors (Lipinski definition) is 0. The molecule has 396 valence electrons.